The number of rotatable bonds is 3. The summed E-state index contributed by atoms with van der Waals surface area (Å²) in [5.74, 6) is -0.0606. The molecular formula is C19H19N5O4. The maximum Gasteiger partial charge on any atom is 0.332 e. The quantitative estimate of drug-likeness (QED) is 0.490. The van der Waals surface area contributed by atoms with Crippen molar-refractivity contribution in [2.24, 2.45) is 14.1 Å². The number of benzene rings is 1. The fourth-order valence-corrected chi connectivity index (χ4v) is 3.32. The Kier molecular flexibility index (Phi) is 3.95. The summed E-state index contributed by atoms with van der Waals surface area (Å²) in [7, 11) is 4.30. The van der Waals surface area contributed by atoms with Crippen molar-refractivity contribution in [2.45, 2.75) is 13.5 Å². The van der Waals surface area contributed by atoms with Gasteiger partial charge in [0.25, 0.3) is 5.56 Å². The topological polar surface area (TPSA) is 92.5 Å². The molecular weight excluding hydrogens is 362 g/mol. The molecule has 0 aliphatic rings. The molecule has 0 aliphatic heterocycles. The summed E-state index contributed by atoms with van der Waals surface area (Å²) in [4.78, 5) is 41.5. The van der Waals surface area contributed by atoms with Crippen LogP contribution in [-0.2, 0) is 30.2 Å². The molecule has 0 saturated heterocycles. The number of hydrogen-bond donors (Lipinski definition) is 0. The van der Waals surface area contributed by atoms with Crippen LogP contribution in [0.1, 0.15) is 5.56 Å². The van der Waals surface area contributed by atoms with E-state index in [1.54, 1.807) is 22.2 Å². The van der Waals surface area contributed by atoms with E-state index in [4.69, 9.17) is 4.74 Å². The van der Waals surface area contributed by atoms with Crippen LogP contribution < -0.4 is 11.2 Å². The molecule has 3 heterocycles. The predicted octanol–water partition coefficient (Wildman–Crippen LogP) is 0.835. The molecule has 9 heteroatoms. The molecule has 0 atom stereocenters. The maximum absolute atomic E-state index is 12.7. The number of fused-ring (bicyclic) bond motifs is 3. The Morgan fingerprint density at radius 3 is 2.43 bits per heavy atom. The van der Waals surface area contributed by atoms with Crippen LogP contribution in [0.15, 0.2) is 40.1 Å². The van der Waals surface area contributed by atoms with Crippen LogP contribution in [0.3, 0.4) is 0 Å². The second-order valence-electron chi connectivity index (χ2n) is 6.70. The molecule has 0 fully saturated rings. The van der Waals surface area contributed by atoms with Crippen molar-refractivity contribution >= 4 is 22.9 Å². The molecule has 28 heavy (non-hydrogen) atoms. The first kappa shape index (κ1) is 17.8. The zero-order valence-electron chi connectivity index (χ0n) is 16.0. The van der Waals surface area contributed by atoms with Crippen LogP contribution in [0.2, 0.25) is 0 Å². The number of imidazole rings is 2. The van der Waals surface area contributed by atoms with Crippen LogP contribution in [-0.4, -0.2) is 36.2 Å². The van der Waals surface area contributed by atoms with Gasteiger partial charge in [0.2, 0.25) is 5.78 Å². The zero-order chi connectivity index (χ0) is 20.2. The third-order valence-electron chi connectivity index (χ3n) is 4.92. The normalized spacial score (nSPS) is 11.4. The highest BCUT2D eigenvalue weighted by molar-refractivity contribution is 5.79. The number of carbonyl (C=O) groups excluding carboxylic acids is 1. The number of carbonyl (C=O) groups is 1. The van der Waals surface area contributed by atoms with Crippen LogP contribution >= 0.6 is 0 Å². The number of aromatic nitrogens is 5. The SMILES string of the molecule is COC(=O)Cn1c(-c2ccc(C)cc2)cn2c3c(=O)n(C)c(=O)n(C)c3nc12. The molecule has 0 unspecified atom stereocenters. The van der Waals surface area contributed by atoms with Crippen LogP contribution in [0.4, 0.5) is 0 Å². The van der Waals surface area contributed by atoms with Crippen LogP contribution in [0.5, 0.6) is 0 Å². The summed E-state index contributed by atoms with van der Waals surface area (Å²) in [6, 6.07) is 7.81. The summed E-state index contributed by atoms with van der Waals surface area (Å²) < 4.78 is 10.5. The molecule has 0 aliphatic carbocycles. The third-order valence-corrected chi connectivity index (χ3v) is 4.92. The molecule has 144 valence electrons. The van der Waals surface area contributed by atoms with Crippen LogP contribution in [0.25, 0.3) is 28.2 Å². The lowest BCUT2D eigenvalue weighted by atomic mass is 10.1. The highest BCUT2D eigenvalue weighted by atomic mass is 16.5. The first-order valence-corrected chi connectivity index (χ1v) is 8.64. The summed E-state index contributed by atoms with van der Waals surface area (Å²) in [6.07, 6.45) is 1.75. The van der Waals surface area contributed by atoms with E-state index < -0.39 is 17.2 Å². The maximum atomic E-state index is 12.7. The van der Waals surface area contributed by atoms with Gasteiger partial charge in [0.05, 0.1) is 12.8 Å². The van der Waals surface area contributed by atoms with Gasteiger partial charge in [0.15, 0.2) is 11.2 Å². The van der Waals surface area contributed by atoms with E-state index in [9.17, 15) is 14.4 Å². The van der Waals surface area contributed by atoms with E-state index in [-0.39, 0.29) is 17.7 Å². The molecule has 4 rings (SSSR count). The van der Waals surface area contributed by atoms with Crippen LogP contribution in [0, 0.1) is 6.92 Å². The van der Waals surface area contributed by atoms with E-state index in [1.807, 2.05) is 31.2 Å². The zero-order valence-corrected chi connectivity index (χ0v) is 16.0. The molecule has 0 N–H and O–H groups in total. The fraction of sp³-hybridized carbons (Fsp3) is 0.263. The van der Waals surface area contributed by atoms with Crippen molar-refractivity contribution in [2.75, 3.05) is 7.11 Å². The van der Waals surface area contributed by atoms with Crippen molar-refractivity contribution in [3.63, 3.8) is 0 Å². The average Bonchev–Trinajstić information content (AvgIpc) is 3.22. The minimum Gasteiger partial charge on any atom is -0.468 e. The molecule has 0 spiro atoms. The van der Waals surface area contributed by atoms with Gasteiger partial charge >= 0.3 is 11.7 Å². The van der Waals surface area contributed by atoms with Gasteiger partial charge in [-0.25, -0.2) is 4.79 Å². The van der Waals surface area contributed by atoms with Crippen molar-refractivity contribution in [3.05, 3.63) is 56.9 Å². The minimum absolute atomic E-state index is 0.0756. The minimum atomic E-state index is -0.462. The monoisotopic (exact) mass is 381 g/mol. The standard InChI is InChI=1S/C19H19N5O4/c1-11-5-7-12(8-6-11)13-9-24-15-16(21(2)19(27)22(3)17(15)26)20-18(24)23(13)10-14(25)28-4/h5-9H,10H2,1-4H3. The molecule has 0 amide bonds. The second-order valence-corrected chi connectivity index (χ2v) is 6.70. The van der Waals surface area contributed by atoms with Crippen molar-refractivity contribution < 1.29 is 9.53 Å². The van der Waals surface area contributed by atoms with Crippen molar-refractivity contribution in [1.82, 2.24) is 23.1 Å². The Bertz CT molecular complexity index is 1350. The van der Waals surface area contributed by atoms with E-state index in [1.165, 1.54) is 18.7 Å². The highest BCUT2D eigenvalue weighted by Gasteiger charge is 2.22. The first-order valence-electron chi connectivity index (χ1n) is 8.64. The molecule has 3 aromatic heterocycles. The molecule has 0 saturated carbocycles. The molecule has 0 radical (unpaired) electrons. The Morgan fingerprint density at radius 2 is 1.79 bits per heavy atom. The van der Waals surface area contributed by atoms with E-state index in [0.29, 0.717) is 11.5 Å². The lowest BCUT2D eigenvalue weighted by Crippen LogP contribution is -2.37. The van der Waals surface area contributed by atoms with Gasteiger partial charge < -0.3 is 4.74 Å². The number of aryl methyl sites for hydroxylation is 2. The van der Waals surface area contributed by atoms with Gasteiger partial charge in [0.1, 0.15) is 6.54 Å². The van der Waals surface area contributed by atoms with Gasteiger partial charge in [-0.1, -0.05) is 29.8 Å². The van der Waals surface area contributed by atoms with E-state index >= 15 is 0 Å². The molecule has 4 aromatic rings. The van der Waals surface area contributed by atoms with Gasteiger partial charge in [0, 0.05) is 20.3 Å². The summed E-state index contributed by atoms with van der Waals surface area (Å²) in [5, 5.41) is 0. The number of hydrogen-bond acceptors (Lipinski definition) is 5. The third kappa shape index (κ3) is 2.47. The number of esters is 1. The van der Waals surface area contributed by atoms with Gasteiger partial charge in [-0.05, 0) is 12.5 Å². The molecule has 0 bridgehead atoms. The average molecular weight is 381 g/mol. The smallest absolute Gasteiger partial charge is 0.332 e. The highest BCUT2D eigenvalue weighted by Crippen LogP contribution is 2.25. The largest absolute Gasteiger partial charge is 0.468 e. The Hall–Kier alpha value is -3.62. The lowest BCUT2D eigenvalue weighted by Gasteiger charge is -2.08. The van der Waals surface area contributed by atoms with E-state index in [2.05, 4.69) is 4.98 Å². The Balaban J connectivity index is 2.11. The fourth-order valence-electron chi connectivity index (χ4n) is 3.32. The molecule has 9 nitrogen and oxygen atoms in total. The van der Waals surface area contributed by atoms with Gasteiger partial charge in [-0.15, -0.1) is 0 Å². The summed E-state index contributed by atoms with van der Waals surface area (Å²) in [5.41, 5.74) is 2.32. The molecule has 1 aromatic carbocycles. The predicted molar refractivity (Wildman–Crippen MR) is 103 cm³/mol. The first-order chi connectivity index (χ1) is 13.3. The van der Waals surface area contributed by atoms with Crippen molar-refractivity contribution in [1.29, 1.82) is 0 Å². The van der Waals surface area contributed by atoms with E-state index in [0.717, 1.165) is 15.7 Å². The van der Waals surface area contributed by atoms with Gasteiger partial charge in [-0.2, -0.15) is 4.98 Å². The number of methoxy groups -OCH3 is 1. The second kappa shape index (κ2) is 6.22. The number of ether oxygens (including phenoxy) is 1. The van der Waals surface area contributed by atoms with Crippen molar-refractivity contribution in [3.8, 4) is 11.3 Å². The lowest BCUT2D eigenvalue weighted by molar-refractivity contribution is -0.141. The summed E-state index contributed by atoms with van der Waals surface area (Å²) in [6.45, 7) is 1.91. The Labute approximate surface area is 159 Å². The summed E-state index contributed by atoms with van der Waals surface area (Å²) >= 11 is 0. The Morgan fingerprint density at radius 1 is 1.11 bits per heavy atom. The van der Waals surface area contributed by atoms with Gasteiger partial charge in [-0.3, -0.25) is 27.7 Å². The number of nitrogens with zero attached hydrogens (tertiary/aromatic N) is 5.